The Hall–Kier alpha value is -0.0300. The maximum absolute atomic E-state index is 3.58. The highest BCUT2D eigenvalue weighted by Gasteiger charge is 2.08. The van der Waals surface area contributed by atoms with Crippen LogP contribution in [0.1, 0.15) is 0 Å². The van der Waals surface area contributed by atoms with E-state index in [0.29, 0.717) is 0 Å². The highest BCUT2D eigenvalue weighted by atomic mass is 79.9. The molecule has 1 aromatic carbocycles. The molecule has 1 aromatic rings. The minimum Gasteiger partial charge on any atom is -0.314 e. The van der Waals surface area contributed by atoms with Crippen molar-refractivity contribution in [1.29, 1.82) is 0 Å². The van der Waals surface area contributed by atoms with Crippen LogP contribution in [0.15, 0.2) is 33.6 Å². The first-order valence-electron chi connectivity index (χ1n) is 5.66. The molecule has 0 saturated carbocycles. The van der Waals surface area contributed by atoms with E-state index in [1.165, 1.54) is 34.8 Å². The Bertz CT molecular complexity index is 327. The molecule has 0 bridgehead atoms. The first kappa shape index (κ1) is 12.4. The Morgan fingerprint density at radius 1 is 1.25 bits per heavy atom. The summed E-state index contributed by atoms with van der Waals surface area (Å²) in [6.45, 7) is 5.85. The van der Waals surface area contributed by atoms with E-state index >= 15 is 0 Å². The first-order valence-corrected chi connectivity index (χ1v) is 7.44. The predicted octanol–water partition coefficient (Wildman–Crippen LogP) is 2.45. The minimum atomic E-state index is 1.14. The van der Waals surface area contributed by atoms with Gasteiger partial charge in [-0.25, -0.2) is 0 Å². The maximum atomic E-state index is 3.58. The molecule has 2 nitrogen and oxygen atoms in total. The van der Waals surface area contributed by atoms with Crippen molar-refractivity contribution >= 4 is 27.7 Å². The van der Waals surface area contributed by atoms with Crippen LogP contribution in [0.4, 0.5) is 0 Å². The van der Waals surface area contributed by atoms with E-state index in [4.69, 9.17) is 0 Å². The highest BCUT2D eigenvalue weighted by Crippen LogP contribution is 2.26. The molecule has 1 aliphatic rings. The number of benzene rings is 1. The summed E-state index contributed by atoms with van der Waals surface area (Å²) in [4.78, 5) is 3.87. The summed E-state index contributed by atoms with van der Waals surface area (Å²) >= 11 is 5.51. The van der Waals surface area contributed by atoms with Crippen molar-refractivity contribution in [3.63, 3.8) is 0 Å². The molecular weight excluding hydrogens is 284 g/mol. The topological polar surface area (TPSA) is 15.3 Å². The van der Waals surface area contributed by atoms with Gasteiger partial charge in [0.1, 0.15) is 0 Å². The van der Waals surface area contributed by atoms with Gasteiger partial charge in [0.2, 0.25) is 0 Å². The molecule has 1 fully saturated rings. The van der Waals surface area contributed by atoms with Crippen LogP contribution in [0.25, 0.3) is 0 Å². The third kappa shape index (κ3) is 3.77. The molecule has 0 spiro atoms. The van der Waals surface area contributed by atoms with Gasteiger partial charge in [-0.15, -0.1) is 11.8 Å². The van der Waals surface area contributed by atoms with Crippen LogP contribution in [0.2, 0.25) is 0 Å². The van der Waals surface area contributed by atoms with Crippen LogP contribution in [-0.2, 0) is 0 Å². The number of piperazine rings is 1. The lowest BCUT2D eigenvalue weighted by molar-refractivity contribution is 0.255. The van der Waals surface area contributed by atoms with Gasteiger partial charge in [-0.1, -0.05) is 12.1 Å². The molecule has 0 atom stereocenters. The quantitative estimate of drug-likeness (QED) is 0.860. The largest absolute Gasteiger partial charge is 0.314 e. The molecule has 1 aliphatic heterocycles. The molecule has 88 valence electrons. The number of nitrogens with one attached hydrogen (secondary N) is 1. The van der Waals surface area contributed by atoms with Gasteiger partial charge in [0.25, 0.3) is 0 Å². The van der Waals surface area contributed by atoms with Crippen molar-refractivity contribution in [2.24, 2.45) is 0 Å². The second-order valence-corrected chi connectivity index (χ2v) is 5.86. The number of halogens is 1. The zero-order chi connectivity index (χ0) is 11.2. The molecule has 0 aliphatic carbocycles. The zero-order valence-corrected chi connectivity index (χ0v) is 11.7. The standard InChI is InChI=1S/C12H17BrN2S/c13-11-3-1-2-4-12(11)16-10-9-15-7-5-14-6-8-15/h1-4,14H,5-10H2. The maximum Gasteiger partial charge on any atom is 0.0311 e. The van der Waals surface area contributed by atoms with Gasteiger partial charge in [-0.2, -0.15) is 0 Å². The third-order valence-corrected chi connectivity index (χ3v) is 4.72. The van der Waals surface area contributed by atoms with Crippen LogP contribution >= 0.6 is 27.7 Å². The lowest BCUT2D eigenvalue weighted by Gasteiger charge is -2.26. The average molecular weight is 301 g/mol. The van der Waals surface area contributed by atoms with Crippen molar-refractivity contribution in [3.8, 4) is 0 Å². The number of nitrogens with zero attached hydrogens (tertiary/aromatic N) is 1. The summed E-state index contributed by atoms with van der Waals surface area (Å²) in [7, 11) is 0. The molecule has 0 radical (unpaired) electrons. The highest BCUT2D eigenvalue weighted by molar-refractivity contribution is 9.10. The van der Waals surface area contributed by atoms with E-state index in [1.54, 1.807) is 0 Å². The van der Waals surface area contributed by atoms with Crippen LogP contribution in [0, 0.1) is 0 Å². The van der Waals surface area contributed by atoms with Crippen LogP contribution in [0.3, 0.4) is 0 Å². The van der Waals surface area contributed by atoms with Gasteiger partial charge < -0.3 is 5.32 Å². The monoisotopic (exact) mass is 300 g/mol. The third-order valence-electron chi connectivity index (χ3n) is 2.71. The number of hydrogen-bond acceptors (Lipinski definition) is 3. The van der Waals surface area contributed by atoms with E-state index in [-0.39, 0.29) is 0 Å². The van der Waals surface area contributed by atoms with Crippen molar-refractivity contribution in [1.82, 2.24) is 10.2 Å². The molecule has 0 aromatic heterocycles. The second kappa shape index (κ2) is 6.64. The molecule has 1 heterocycles. The molecule has 0 unspecified atom stereocenters. The molecular formula is C12H17BrN2S. The van der Waals surface area contributed by atoms with E-state index in [1.807, 2.05) is 11.8 Å². The van der Waals surface area contributed by atoms with Gasteiger partial charge in [0, 0.05) is 47.8 Å². The average Bonchev–Trinajstić information content (AvgIpc) is 2.33. The van der Waals surface area contributed by atoms with E-state index in [2.05, 4.69) is 50.4 Å². The summed E-state index contributed by atoms with van der Waals surface area (Å²) in [6.07, 6.45) is 0. The molecule has 1 saturated heterocycles. The van der Waals surface area contributed by atoms with Crippen molar-refractivity contribution < 1.29 is 0 Å². The molecule has 1 N–H and O–H groups in total. The fourth-order valence-corrected chi connectivity index (χ4v) is 3.36. The fourth-order valence-electron chi connectivity index (χ4n) is 1.78. The normalized spacial score (nSPS) is 17.6. The Morgan fingerprint density at radius 3 is 2.75 bits per heavy atom. The van der Waals surface area contributed by atoms with Gasteiger partial charge >= 0.3 is 0 Å². The smallest absolute Gasteiger partial charge is 0.0311 e. The van der Waals surface area contributed by atoms with Gasteiger partial charge in [-0.3, -0.25) is 4.90 Å². The number of hydrogen-bond donors (Lipinski definition) is 1. The van der Waals surface area contributed by atoms with Gasteiger partial charge in [0.05, 0.1) is 0 Å². The Kier molecular flexibility index (Phi) is 5.16. The zero-order valence-electron chi connectivity index (χ0n) is 9.29. The van der Waals surface area contributed by atoms with Gasteiger partial charge in [0.15, 0.2) is 0 Å². The Morgan fingerprint density at radius 2 is 2.00 bits per heavy atom. The van der Waals surface area contributed by atoms with Crippen LogP contribution in [0.5, 0.6) is 0 Å². The van der Waals surface area contributed by atoms with Crippen molar-refractivity contribution in [3.05, 3.63) is 28.7 Å². The summed E-state index contributed by atoms with van der Waals surface area (Å²) in [5.41, 5.74) is 0. The SMILES string of the molecule is Brc1ccccc1SCCN1CCNCC1. The second-order valence-electron chi connectivity index (χ2n) is 3.87. The summed E-state index contributed by atoms with van der Waals surface area (Å²) in [5, 5.41) is 3.38. The van der Waals surface area contributed by atoms with Crippen molar-refractivity contribution in [2.45, 2.75) is 4.90 Å². The molecule has 16 heavy (non-hydrogen) atoms. The fraction of sp³-hybridized carbons (Fsp3) is 0.500. The molecule has 2 rings (SSSR count). The van der Waals surface area contributed by atoms with Crippen LogP contribution < -0.4 is 5.32 Å². The lowest BCUT2D eigenvalue weighted by atomic mass is 10.4. The van der Waals surface area contributed by atoms with Crippen molar-refractivity contribution in [2.75, 3.05) is 38.5 Å². The first-order chi connectivity index (χ1) is 7.86. The number of rotatable bonds is 4. The van der Waals surface area contributed by atoms with E-state index in [9.17, 15) is 0 Å². The lowest BCUT2D eigenvalue weighted by Crippen LogP contribution is -2.44. The summed E-state index contributed by atoms with van der Waals surface area (Å²) < 4.78 is 1.21. The predicted molar refractivity (Wildman–Crippen MR) is 74.2 cm³/mol. The number of thioether (sulfide) groups is 1. The minimum absolute atomic E-state index is 1.14. The van der Waals surface area contributed by atoms with Gasteiger partial charge in [-0.05, 0) is 28.1 Å². The summed E-state index contributed by atoms with van der Waals surface area (Å²) in [6, 6.07) is 8.43. The molecule has 4 heteroatoms. The summed E-state index contributed by atoms with van der Waals surface area (Å²) in [5.74, 6) is 1.17. The molecule has 0 amide bonds. The van der Waals surface area contributed by atoms with E-state index in [0.717, 1.165) is 13.1 Å². The van der Waals surface area contributed by atoms with E-state index < -0.39 is 0 Å². The Labute approximate surface area is 110 Å². The Balaban J connectivity index is 1.73. The van der Waals surface area contributed by atoms with Crippen LogP contribution in [-0.4, -0.2) is 43.4 Å².